The molecule has 0 atom stereocenters. The number of benzene rings is 1. The lowest BCUT2D eigenvalue weighted by Gasteiger charge is -2.05. The van der Waals surface area contributed by atoms with E-state index in [0.29, 0.717) is 11.4 Å². The first-order valence-corrected chi connectivity index (χ1v) is 4.68. The fraction of sp³-hybridized carbons (Fsp3) is 0. The molecular weight excluding hydrogens is 206 g/mol. The first-order valence-electron chi connectivity index (χ1n) is 4.68. The monoisotopic (exact) mass is 215 g/mol. The average Bonchev–Trinajstić information content (AvgIpc) is 2.77. The van der Waals surface area contributed by atoms with Crippen LogP contribution in [0.5, 0.6) is 0 Å². The summed E-state index contributed by atoms with van der Waals surface area (Å²) in [6.07, 6.45) is 2.44. The van der Waals surface area contributed by atoms with Crippen molar-refractivity contribution in [1.29, 1.82) is 0 Å². The Labute approximate surface area is 91.8 Å². The second kappa shape index (κ2) is 4.02. The third kappa shape index (κ3) is 1.72. The fourth-order valence-electron chi connectivity index (χ4n) is 1.51. The zero-order valence-corrected chi connectivity index (χ0v) is 8.33. The van der Waals surface area contributed by atoms with Gasteiger partial charge in [-0.3, -0.25) is 4.79 Å². The van der Waals surface area contributed by atoms with Gasteiger partial charge in [0.2, 0.25) is 0 Å². The molecule has 1 heterocycles. The largest absolute Gasteiger partial charge is 0.478 e. The molecule has 80 valence electrons. The fourth-order valence-corrected chi connectivity index (χ4v) is 1.51. The van der Waals surface area contributed by atoms with Gasteiger partial charge in [-0.2, -0.15) is 0 Å². The summed E-state index contributed by atoms with van der Waals surface area (Å²) in [5.41, 5.74) is 1.34. The molecule has 0 bridgehead atoms. The molecule has 0 saturated carbocycles. The van der Waals surface area contributed by atoms with Gasteiger partial charge >= 0.3 is 5.97 Å². The molecule has 0 amide bonds. The number of hydrogen-bond donors (Lipinski definition) is 1. The summed E-state index contributed by atoms with van der Waals surface area (Å²) < 4.78 is 1.64. The highest BCUT2D eigenvalue weighted by Crippen LogP contribution is 2.13. The second-order valence-corrected chi connectivity index (χ2v) is 3.28. The molecule has 2 rings (SSSR count). The SMILES string of the molecule is O=Cc1cccn1-c1cccc(C(=O)O)c1. The van der Waals surface area contributed by atoms with E-state index >= 15 is 0 Å². The number of aldehydes is 1. The maximum atomic E-state index is 10.8. The minimum Gasteiger partial charge on any atom is -0.478 e. The molecule has 0 spiro atoms. The van der Waals surface area contributed by atoms with Crippen molar-refractivity contribution < 1.29 is 14.7 Å². The summed E-state index contributed by atoms with van der Waals surface area (Å²) in [7, 11) is 0. The van der Waals surface area contributed by atoms with Crippen LogP contribution in [0.15, 0.2) is 42.6 Å². The van der Waals surface area contributed by atoms with Crippen LogP contribution in [-0.4, -0.2) is 21.9 Å². The van der Waals surface area contributed by atoms with E-state index in [1.54, 1.807) is 35.0 Å². The topological polar surface area (TPSA) is 59.3 Å². The Bertz CT molecular complexity index is 543. The highest BCUT2D eigenvalue weighted by Gasteiger charge is 2.06. The summed E-state index contributed by atoms with van der Waals surface area (Å²) in [5, 5.41) is 8.85. The third-order valence-electron chi connectivity index (χ3n) is 2.27. The van der Waals surface area contributed by atoms with Crippen LogP contribution in [0.2, 0.25) is 0 Å². The molecule has 2 aromatic rings. The molecule has 0 saturated heterocycles. The van der Waals surface area contributed by atoms with E-state index in [1.165, 1.54) is 12.1 Å². The van der Waals surface area contributed by atoms with Crippen LogP contribution in [0, 0.1) is 0 Å². The van der Waals surface area contributed by atoms with Gasteiger partial charge in [0.15, 0.2) is 6.29 Å². The number of rotatable bonds is 3. The van der Waals surface area contributed by atoms with Gasteiger partial charge in [0.25, 0.3) is 0 Å². The Hall–Kier alpha value is -2.36. The predicted octanol–water partition coefficient (Wildman–Crippen LogP) is 1.99. The van der Waals surface area contributed by atoms with Crippen molar-refractivity contribution >= 4 is 12.3 Å². The van der Waals surface area contributed by atoms with Gasteiger partial charge in [0.05, 0.1) is 11.3 Å². The summed E-state index contributed by atoms with van der Waals surface area (Å²) >= 11 is 0. The molecule has 0 radical (unpaired) electrons. The lowest BCUT2D eigenvalue weighted by Crippen LogP contribution is -2.01. The number of nitrogens with zero attached hydrogens (tertiary/aromatic N) is 1. The van der Waals surface area contributed by atoms with E-state index in [2.05, 4.69) is 0 Å². The Balaban J connectivity index is 2.52. The maximum absolute atomic E-state index is 10.8. The van der Waals surface area contributed by atoms with Crippen molar-refractivity contribution in [3.63, 3.8) is 0 Å². The minimum absolute atomic E-state index is 0.197. The summed E-state index contributed by atoms with van der Waals surface area (Å²) in [6, 6.07) is 9.83. The Morgan fingerprint density at radius 1 is 1.25 bits per heavy atom. The second-order valence-electron chi connectivity index (χ2n) is 3.28. The molecule has 0 aliphatic rings. The molecule has 4 heteroatoms. The molecule has 16 heavy (non-hydrogen) atoms. The number of hydrogen-bond acceptors (Lipinski definition) is 2. The quantitative estimate of drug-likeness (QED) is 0.796. The zero-order valence-electron chi connectivity index (χ0n) is 8.33. The highest BCUT2D eigenvalue weighted by molar-refractivity contribution is 5.88. The normalized spacial score (nSPS) is 10.0. The number of aromatic nitrogens is 1. The molecule has 4 nitrogen and oxygen atoms in total. The zero-order chi connectivity index (χ0) is 11.5. The van der Waals surface area contributed by atoms with Gasteiger partial charge < -0.3 is 9.67 Å². The van der Waals surface area contributed by atoms with E-state index < -0.39 is 5.97 Å². The molecule has 0 fully saturated rings. The standard InChI is InChI=1S/C12H9NO3/c14-8-11-5-2-6-13(11)10-4-1-3-9(7-10)12(15)16/h1-8H,(H,15,16). The van der Waals surface area contributed by atoms with Crippen molar-refractivity contribution in [1.82, 2.24) is 4.57 Å². The van der Waals surface area contributed by atoms with E-state index in [-0.39, 0.29) is 5.56 Å². The van der Waals surface area contributed by atoms with Gasteiger partial charge in [0.1, 0.15) is 0 Å². The van der Waals surface area contributed by atoms with Crippen molar-refractivity contribution in [2.45, 2.75) is 0 Å². The number of carbonyl (C=O) groups is 2. The Morgan fingerprint density at radius 3 is 2.75 bits per heavy atom. The first-order chi connectivity index (χ1) is 7.72. The van der Waals surface area contributed by atoms with Crippen molar-refractivity contribution in [3.8, 4) is 5.69 Å². The molecule has 0 unspecified atom stereocenters. The van der Waals surface area contributed by atoms with Crippen LogP contribution in [0.25, 0.3) is 5.69 Å². The van der Waals surface area contributed by atoms with E-state index in [4.69, 9.17) is 5.11 Å². The van der Waals surface area contributed by atoms with Crippen LogP contribution in [0.3, 0.4) is 0 Å². The van der Waals surface area contributed by atoms with Crippen molar-refractivity contribution in [3.05, 3.63) is 53.9 Å². The van der Waals surface area contributed by atoms with Crippen molar-refractivity contribution in [2.24, 2.45) is 0 Å². The third-order valence-corrected chi connectivity index (χ3v) is 2.27. The van der Waals surface area contributed by atoms with Gasteiger partial charge in [-0.1, -0.05) is 6.07 Å². The van der Waals surface area contributed by atoms with Crippen LogP contribution >= 0.6 is 0 Å². The van der Waals surface area contributed by atoms with Crippen LogP contribution in [0.1, 0.15) is 20.8 Å². The van der Waals surface area contributed by atoms with E-state index in [1.807, 2.05) is 0 Å². The van der Waals surface area contributed by atoms with Crippen LogP contribution in [-0.2, 0) is 0 Å². The minimum atomic E-state index is -0.985. The summed E-state index contributed by atoms with van der Waals surface area (Å²) in [5.74, 6) is -0.985. The van der Waals surface area contributed by atoms with Crippen LogP contribution in [0.4, 0.5) is 0 Å². The Kier molecular flexibility index (Phi) is 2.55. The first kappa shape index (κ1) is 10.2. The van der Waals surface area contributed by atoms with E-state index in [9.17, 15) is 9.59 Å². The molecule has 1 aromatic heterocycles. The number of carboxylic acid groups (broad SMARTS) is 1. The molecule has 0 aliphatic heterocycles. The average molecular weight is 215 g/mol. The smallest absolute Gasteiger partial charge is 0.335 e. The summed E-state index contributed by atoms with van der Waals surface area (Å²) in [4.78, 5) is 21.5. The van der Waals surface area contributed by atoms with Gasteiger partial charge in [-0.25, -0.2) is 4.79 Å². The number of carboxylic acids is 1. The lowest BCUT2D eigenvalue weighted by atomic mass is 10.2. The van der Waals surface area contributed by atoms with Gasteiger partial charge in [0, 0.05) is 11.9 Å². The molecule has 1 N–H and O–H groups in total. The molecule has 1 aromatic carbocycles. The maximum Gasteiger partial charge on any atom is 0.335 e. The molecule has 0 aliphatic carbocycles. The summed E-state index contributed by atoms with van der Waals surface area (Å²) in [6.45, 7) is 0. The van der Waals surface area contributed by atoms with E-state index in [0.717, 1.165) is 6.29 Å². The van der Waals surface area contributed by atoms with Gasteiger partial charge in [-0.15, -0.1) is 0 Å². The van der Waals surface area contributed by atoms with Crippen molar-refractivity contribution in [2.75, 3.05) is 0 Å². The molecular formula is C12H9NO3. The number of carbonyl (C=O) groups excluding carboxylic acids is 1. The Morgan fingerprint density at radius 2 is 2.06 bits per heavy atom. The van der Waals surface area contributed by atoms with Crippen LogP contribution < -0.4 is 0 Å². The number of aromatic carboxylic acids is 1. The highest BCUT2D eigenvalue weighted by atomic mass is 16.4. The lowest BCUT2D eigenvalue weighted by molar-refractivity contribution is 0.0696. The predicted molar refractivity (Wildman–Crippen MR) is 58.1 cm³/mol. The van der Waals surface area contributed by atoms with Gasteiger partial charge in [-0.05, 0) is 30.3 Å².